The number of ether oxygens (including phenoxy) is 1. The topological polar surface area (TPSA) is 61.0 Å². The van der Waals surface area contributed by atoms with Crippen LogP contribution in [0.1, 0.15) is 24.5 Å². The van der Waals surface area contributed by atoms with Crippen molar-refractivity contribution in [3.63, 3.8) is 0 Å². The van der Waals surface area contributed by atoms with E-state index in [-0.39, 0.29) is 6.04 Å². The first-order chi connectivity index (χ1) is 9.58. The largest absolute Gasteiger partial charge is 0.424 e. The highest BCUT2D eigenvalue weighted by atomic mass is 79.9. The van der Waals surface area contributed by atoms with Crippen LogP contribution in [0.25, 0.3) is 0 Å². The summed E-state index contributed by atoms with van der Waals surface area (Å²) in [4.78, 5) is 8.43. The maximum atomic E-state index is 5.91. The third-order valence-corrected chi connectivity index (χ3v) is 3.93. The summed E-state index contributed by atoms with van der Waals surface area (Å²) in [5.74, 6) is 0.726. The Kier molecular flexibility index (Phi) is 5.09. The van der Waals surface area contributed by atoms with Crippen LogP contribution in [-0.4, -0.2) is 16.0 Å². The number of hydrogen-bond donors (Lipinski definition) is 1. The molecular formula is C15H18BrN3O. The highest BCUT2D eigenvalue weighted by Gasteiger charge is 2.05. The van der Waals surface area contributed by atoms with Crippen molar-refractivity contribution in [2.24, 2.45) is 5.73 Å². The molecule has 0 spiro atoms. The predicted molar refractivity (Wildman–Crippen MR) is 83.0 cm³/mol. The summed E-state index contributed by atoms with van der Waals surface area (Å²) in [6.45, 7) is 4.08. The molecule has 1 unspecified atom stereocenters. The summed E-state index contributed by atoms with van der Waals surface area (Å²) >= 11 is 3.46. The smallest absolute Gasteiger partial charge is 0.321 e. The van der Waals surface area contributed by atoms with Crippen molar-refractivity contribution in [2.45, 2.75) is 32.7 Å². The van der Waals surface area contributed by atoms with Crippen LogP contribution in [0.15, 0.2) is 35.1 Å². The quantitative estimate of drug-likeness (QED) is 0.906. The van der Waals surface area contributed by atoms with Crippen molar-refractivity contribution >= 4 is 15.9 Å². The third kappa shape index (κ3) is 4.02. The first kappa shape index (κ1) is 14.9. The minimum Gasteiger partial charge on any atom is -0.424 e. The van der Waals surface area contributed by atoms with Crippen LogP contribution in [0, 0.1) is 6.92 Å². The van der Waals surface area contributed by atoms with Gasteiger partial charge in [0.05, 0.1) is 0 Å². The van der Waals surface area contributed by atoms with Gasteiger partial charge in [0.25, 0.3) is 0 Å². The lowest BCUT2D eigenvalue weighted by atomic mass is 10.1. The van der Waals surface area contributed by atoms with Gasteiger partial charge < -0.3 is 10.5 Å². The second-order valence-electron chi connectivity index (χ2n) is 4.76. The fourth-order valence-electron chi connectivity index (χ4n) is 1.73. The number of aromatic nitrogens is 2. The van der Waals surface area contributed by atoms with Gasteiger partial charge in [0, 0.05) is 22.9 Å². The van der Waals surface area contributed by atoms with Gasteiger partial charge in [-0.2, -0.15) is 0 Å². The van der Waals surface area contributed by atoms with Gasteiger partial charge >= 0.3 is 6.01 Å². The minimum atomic E-state index is 0.152. The van der Waals surface area contributed by atoms with Crippen LogP contribution in [0.5, 0.6) is 11.8 Å². The molecule has 0 radical (unpaired) electrons. The number of aryl methyl sites for hydroxylation is 1. The first-order valence-corrected chi connectivity index (χ1v) is 7.38. The van der Waals surface area contributed by atoms with Crippen molar-refractivity contribution in [2.75, 3.05) is 0 Å². The summed E-state index contributed by atoms with van der Waals surface area (Å²) in [6, 6.07) is 6.26. The first-order valence-electron chi connectivity index (χ1n) is 6.59. The molecule has 1 aromatic heterocycles. The van der Waals surface area contributed by atoms with Crippen molar-refractivity contribution in [1.82, 2.24) is 9.97 Å². The standard InChI is InChI=1S/C15H18BrN3O/c1-3-12(17)7-11-8-18-15(19-9-11)20-13-4-5-14(16)10(2)6-13/h4-6,8-9,12H,3,7,17H2,1-2H3. The van der Waals surface area contributed by atoms with Crippen LogP contribution >= 0.6 is 15.9 Å². The molecule has 1 aromatic carbocycles. The van der Waals surface area contributed by atoms with Gasteiger partial charge in [-0.15, -0.1) is 0 Å². The number of rotatable bonds is 5. The monoisotopic (exact) mass is 335 g/mol. The predicted octanol–water partition coefficient (Wildman–Crippen LogP) is 3.62. The van der Waals surface area contributed by atoms with Crippen LogP contribution < -0.4 is 10.5 Å². The van der Waals surface area contributed by atoms with Gasteiger partial charge in [-0.25, -0.2) is 9.97 Å². The van der Waals surface area contributed by atoms with Crippen molar-refractivity contribution in [3.8, 4) is 11.8 Å². The van der Waals surface area contributed by atoms with E-state index < -0.39 is 0 Å². The molecule has 106 valence electrons. The van der Waals surface area contributed by atoms with E-state index >= 15 is 0 Å². The Labute approximate surface area is 127 Å². The molecule has 0 aliphatic rings. The lowest BCUT2D eigenvalue weighted by molar-refractivity contribution is 0.440. The molecule has 20 heavy (non-hydrogen) atoms. The highest BCUT2D eigenvalue weighted by Crippen LogP contribution is 2.24. The molecule has 0 saturated carbocycles. The summed E-state index contributed by atoms with van der Waals surface area (Å²) in [7, 11) is 0. The molecule has 4 nitrogen and oxygen atoms in total. The van der Waals surface area contributed by atoms with E-state index in [9.17, 15) is 0 Å². The van der Waals surface area contributed by atoms with Gasteiger partial charge in [-0.3, -0.25) is 0 Å². The zero-order chi connectivity index (χ0) is 14.5. The summed E-state index contributed by atoms with van der Waals surface area (Å²) in [5, 5.41) is 0. The highest BCUT2D eigenvalue weighted by molar-refractivity contribution is 9.10. The Morgan fingerprint density at radius 3 is 2.60 bits per heavy atom. The Morgan fingerprint density at radius 2 is 2.00 bits per heavy atom. The summed E-state index contributed by atoms with van der Waals surface area (Å²) in [6.07, 6.45) is 5.26. The SMILES string of the molecule is CCC(N)Cc1cnc(Oc2ccc(Br)c(C)c2)nc1. The van der Waals surface area contributed by atoms with Gasteiger partial charge in [0.2, 0.25) is 0 Å². The maximum absolute atomic E-state index is 5.91. The molecule has 0 fully saturated rings. The van der Waals surface area contributed by atoms with Crippen LogP contribution in [-0.2, 0) is 6.42 Å². The number of hydrogen-bond acceptors (Lipinski definition) is 4. The van der Waals surface area contributed by atoms with E-state index in [1.807, 2.05) is 25.1 Å². The molecule has 5 heteroatoms. The van der Waals surface area contributed by atoms with Crippen LogP contribution in [0.2, 0.25) is 0 Å². The van der Waals surface area contributed by atoms with Gasteiger partial charge in [0.15, 0.2) is 0 Å². The fourth-order valence-corrected chi connectivity index (χ4v) is 1.98. The van der Waals surface area contributed by atoms with E-state index in [1.54, 1.807) is 12.4 Å². The van der Waals surface area contributed by atoms with Crippen molar-refractivity contribution < 1.29 is 4.74 Å². The zero-order valence-corrected chi connectivity index (χ0v) is 13.2. The van der Waals surface area contributed by atoms with E-state index in [2.05, 4.69) is 32.8 Å². The molecule has 0 amide bonds. The van der Waals surface area contributed by atoms with Crippen LogP contribution in [0.4, 0.5) is 0 Å². The summed E-state index contributed by atoms with van der Waals surface area (Å²) < 4.78 is 6.68. The second-order valence-corrected chi connectivity index (χ2v) is 5.61. The molecule has 1 atom stereocenters. The third-order valence-electron chi connectivity index (χ3n) is 3.04. The van der Waals surface area contributed by atoms with E-state index in [0.29, 0.717) is 6.01 Å². The molecule has 2 N–H and O–H groups in total. The zero-order valence-electron chi connectivity index (χ0n) is 11.6. The molecular weight excluding hydrogens is 318 g/mol. The lowest BCUT2D eigenvalue weighted by Gasteiger charge is -2.09. The van der Waals surface area contributed by atoms with Crippen LogP contribution in [0.3, 0.4) is 0 Å². The number of nitrogens with two attached hydrogens (primary N) is 1. The molecule has 1 heterocycles. The van der Waals surface area contributed by atoms with Gasteiger partial charge in [-0.1, -0.05) is 22.9 Å². The molecule has 0 aliphatic carbocycles. The lowest BCUT2D eigenvalue weighted by Crippen LogP contribution is -2.21. The van der Waals surface area contributed by atoms with Gasteiger partial charge in [0.1, 0.15) is 5.75 Å². The Balaban J connectivity index is 2.04. The Bertz CT molecular complexity index is 572. The molecule has 0 aliphatic heterocycles. The van der Waals surface area contributed by atoms with E-state index in [0.717, 1.165) is 34.2 Å². The number of halogens is 1. The average molecular weight is 336 g/mol. The Hall–Kier alpha value is -1.46. The maximum Gasteiger partial charge on any atom is 0.321 e. The molecule has 2 rings (SSSR count). The fraction of sp³-hybridized carbons (Fsp3) is 0.333. The summed E-state index contributed by atoms with van der Waals surface area (Å²) in [5.41, 5.74) is 8.04. The number of benzene rings is 1. The van der Waals surface area contributed by atoms with E-state index in [4.69, 9.17) is 10.5 Å². The molecule has 2 aromatic rings. The van der Waals surface area contributed by atoms with Crippen molar-refractivity contribution in [1.29, 1.82) is 0 Å². The Morgan fingerprint density at radius 1 is 1.30 bits per heavy atom. The van der Waals surface area contributed by atoms with Gasteiger partial charge in [-0.05, 0) is 49.1 Å². The van der Waals surface area contributed by atoms with E-state index in [1.165, 1.54) is 0 Å². The normalized spacial score (nSPS) is 12.2. The van der Waals surface area contributed by atoms with Crippen molar-refractivity contribution in [3.05, 3.63) is 46.2 Å². The molecule has 0 bridgehead atoms. The molecule has 0 saturated heterocycles. The second kappa shape index (κ2) is 6.81. The average Bonchev–Trinajstić information content (AvgIpc) is 2.45. The minimum absolute atomic E-state index is 0.152. The number of nitrogens with zero attached hydrogens (tertiary/aromatic N) is 2.